The van der Waals surface area contributed by atoms with Gasteiger partial charge in [-0.25, -0.2) is 14.5 Å². The van der Waals surface area contributed by atoms with E-state index in [1.165, 1.54) is 0 Å². The maximum absolute atomic E-state index is 12.2. The van der Waals surface area contributed by atoms with Crippen molar-refractivity contribution in [3.8, 4) is 22.5 Å². The van der Waals surface area contributed by atoms with Gasteiger partial charge in [-0.15, -0.1) is 0 Å². The quantitative estimate of drug-likeness (QED) is 0.232. The van der Waals surface area contributed by atoms with Gasteiger partial charge in [-0.05, 0) is 52.0 Å². The summed E-state index contributed by atoms with van der Waals surface area (Å²) in [5.74, 6) is -0.709. The van der Waals surface area contributed by atoms with E-state index in [2.05, 4.69) is 37.2 Å². The second-order valence-corrected chi connectivity index (χ2v) is 8.46. The minimum Gasteiger partial charge on any atom is -0.456 e. The lowest BCUT2D eigenvalue weighted by atomic mass is 9.89. The zero-order chi connectivity index (χ0) is 25.3. The Balaban J connectivity index is 2.17. The molecule has 0 unspecified atom stereocenters. The van der Waals surface area contributed by atoms with Crippen LogP contribution in [0.2, 0.25) is 0 Å². The van der Waals surface area contributed by atoms with Crippen LogP contribution in [0.25, 0.3) is 33.4 Å². The van der Waals surface area contributed by atoms with E-state index < -0.39 is 5.97 Å². The van der Waals surface area contributed by atoms with Gasteiger partial charge in [0.15, 0.2) is 0 Å². The van der Waals surface area contributed by atoms with Crippen LogP contribution < -0.4 is 26.3 Å². The van der Waals surface area contributed by atoms with Crippen LogP contribution in [-0.2, 0) is 5.11 Å². The predicted molar refractivity (Wildman–Crippen MR) is 142 cm³/mol. The molecule has 0 aromatic heterocycles. The molecule has 0 spiro atoms. The van der Waals surface area contributed by atoms with Gasteiger partial charge in [-0.2, -0.15) is 0 Å². The summed E-state index contributed by atoms with van der Waals surface area (Å²) in [5.41, 5.74) is 15.8. The summed E-state index contributed by atoms with van der Waals surface area (Å²) >= 11 is 0. The van der Waals surface area contributed by atoms with Crippen molar-refractivity contribution in [2.75, 3.05) is 42.5 Å². The molecule has 35 heavy (non-hydrogen) atoms. The molecule has 1 heterocycles. The summed E-state index contributed by atoms with van der Waals surface area (Å²) in [6, 6.07) is 15.4. The van der Waals surface area contributed by atoms with E-state index in [0.29, 0.717) is 16.9 Å². The Bertz CT molecular complexity index is 1440. The van der Waals surface area contributed by atoms with Crippen molar-refractivity contribution in [3.05, 3.63) is 59.5 Å². The largest absolute Gasteiger partial charge is 0.456 e. The van der Waals surface area contributed by atoms with Gasteiger partial charge in [0.05, 0.1) is 23.0 Å². The number of nitrogens with two attached hydrogens (primary N) is 2. The first-order chi connectivity index (χ1) is 16.8. The van der Waals surface area contributed by atoms with Crippen molar-refractivity contribution in [2.45, 2.75) is 27.7 Å². The minimum absolute atomic E-state index is 0.00381. The number of nitrogens with zero attached hydrogens (tertiary/aromatic N) is 2. The van der Waals surface area contributed by atoms with Crippen LogP contribution in [0.5, 0.6) is 0 Å². The van der Waals surface area contributed by atoms with Gasteiger partial charge in [0.25, 0.3) is 0 Å². The zero-order valence-electron chi connectivity index (χ0n) is 20.7. The standard InChI is InChI=1S/C28H31N4O3/c1-5-31(6-2)17-9-11-19-23(15-17)35-24-16-18(32(7-3)8-4)10-12-20(24)25(19)21-13-14-22(29)27(30)26(21)28(33)34/h9-16,29H,5-8,30H2,1-4H3/p+1. The Morgan fingerprint density at radius 1 is 0.914 bits per heavy atom. The molecule has 0 fully saturated rings. The highest BCUT2D eigenvalue weighted by Crippen LogP contribution is 2.43. The number of rotatable bonds is 7. The number of hydrogen-bond acceptors (Lipinski definition) is 5. The van der Waals surface area contributed by atoms with E-state index in [1.807, 2.05) is 36.4 Å². The van der Waals surface area contributed by atoms with Crippen molar-refractivity contribution in [3.63, 3.8) is 0 Å². The van der Waals surface area contributed by atoms with Crippen LogP contribution in [0.4, 0.5) is 17.1 Å². The SMILES string of the molecule is CCN(CC)c1ccc2c(-c3ccc(N)c(N)c3C([O])=O)c3ccc(=[N+](CC)CC)cc-3oc2c1. The number of hydrogen-bond donors (Lipinski definition) is 2. The molecular formula is C28H32N4O3+. The number of nitrogen functional groups attached to an aromatic ring is 2. The van der Waals surface area contributed by atoms with Crippen molar-refractivity contribution in [2.24, 2.45) is 0 Å². The molecule has 1 aliphatic heterocycles. The first-order valence-corrected chi connectivity index (χ1v) is 12.1. The zero-order valence-corrected chi connectivity index (χ0v) is 20.7. The van der Waals surface area contributed by atoms with Crippen molar-refractivity contribution >= 4 is 34.0 Å². The fourth-order valence-electron chi connectivity index (χ4n) is 4.79. The molecule has 1 aliphatic carbocycles. The molecule has 0 bridgehead atoms. The summed E-state index contributed by atoms with van der Waals surface area (Å²) in [7, 11) is 0. The second kappa shape index (κ2) is 9.70. The van der Waals surface area contributed by atoms with E-state index in [-0.39, 0.29) is 16.9 Å². The highest BCUT2D eigenvalue weighted by molar-refractivity contribution is 6.11. The molecule has 4 N–H and O–H groups in total. The molecule has 1 radical (unpaired) electrons. The van der Waals surface area contributed by atoms with Crippen LogP contribution in [0, 0.1) is 0 Å². The van der Waals surface area contributed by atoms with E-state index in [9.17, 15) is 9.90 Å². The Kier molecular flexibility index (Phi) is 6.69. The first-order valence-electron chi connectivity index (χ1n) is 12.1. The lowest BCUT2D eigenvalue weighted by molar-refractivity contribution is 0.0575. The van der Waals surface area contributed by atoms with Gasteiger partial charge >= 0.3 is 5.97 Å². The number of anilines is 3. The Morgan fingerprint density at radius 2 is 1.60 bits per heavy atom. The summed E-state index contributed by atoms with van der Waals surface area (Å²) in [6.45, 7) is 11.9. The lowest BCUT2D eigenvalue weighted by Crippen LogP contribution is -2.29. The molecule has 7 heteroatoms. The van der Waals surface area contributed by atoms with Crippen LogP contribution in [0.3, 0.4) is 0 Å². The Morgan fingerprint density at radius 3 is 2.23 bits per heavy atom. The molecule has 2 aromatic carbocycles. The fourth-order valence-corrected chi connectivity index (χ4v) is 4.79. The summed E-state index contributed by atoms with van der Waals surface area (Å²) in [5, 5.41) is 14.0. The summed E-state index contributed by atoms with van der Waals surface area (Å²) in [4.78, 5) is 14.4. The van der Waals surface area contributed by atoms with Crippen LogP contribution in [-0.4, -0.2) is 32.1 Å². The first kappa shape index (κ1) is 24.1. The molecular weight excluding hydrogens is 440 g/mol. The molecule has 7 nitrogen and oxygen atoms in total. The van der Waals surface area contributed by atoms with Crippen molar-refractivity contribution < 1.29 is 14.3 Å². The van der Waals surface area contributed by atoms with E-state index in [0.717, 1.165) is 53.7 Å². The number of fused-ring (bicyclic) bond motifs is 2. The van der Waals surface area contributed by atoms with Gasteiger partial charge < -0.3 is 20.8 Å². The van der Waals surface area contributed by atoms with E-state index in [4.69, 9.17) is 15.9 Å². The molecule has 0 saturated heterocycles. The monoisotopic (exact) mass is 472 g/mol. The van der Waals surface area contributed by atoms with Crippen LogP contribution >= 0.6 is 0 Å². The third-order valence-electron chi connectivity index (χ3n) is 6.70. The molecule has 2 aromatic rings. The topological polar surface area (TPSA) is 108 Å². The molecule has 0 amide bonds. The number of benzene rings is 3. The summed E-state index contributed by atoms with van der Waals surface area (Å²) < 4.78 is 8.69. The number of carbonyl (C=O) groups excluding carboxylic acids is 1. The van der Waals surface area contributed by atoms with Gasteiger partial charge in [-0.3, -0.25) is 0 Å². The highest BCUT2D eigenvalue weighted by atomic mass is 16.4. The van der Waals surface area contributed by atoms with Crippen molar-refractivity contribution in [1.82, 2.24) is 4.58 Å². The molecule has 181 valence electrons. The average molecular weight is 473 g/mol. The molecule has 4 rings (SSSR count). The predicted octanol–water partition coefficient (Wildman–Crippen LogP) is 4.60. The molecule has 2 aliphatic rings. The summed E-state index contributed by atoms with van der Waals surface area (Å²) in [6.07, 6.45) is 0. The maximum Gasteiger partial charge on any atom is 0.389 e. The maximum atomic E-state index is 12.2. The third-order valence-corrected chi connectivity index (χ3v) is 6.70. The Hall–Kier alpha value is -4.00. The van der Waals surface area contributed by atoms with E-state index >= 15 is 0 Å². The highest BCUT2D eigenvalue weighted by Gasteiger charge is 2.25. The van der Waals surface area contributed by atoms with Gasteiger partial charge in [0.1, 0.15) is 24.4 Å². The van der Waals surface area contributed by atoms with Crippen LogP contribution in [0.15, 0.2) is 52.9 Å². The average Bonchev–Trinajstić information content (AvgIpc) is 2.85. The normalized spacial score (nSPS) is 11.2. The smallest absolute Gasteiger partial charge is 0.389 e. The number of carbonyl (C=O) groups is 1. The second-order valence-electron chi connectivity index (χ2n) is 8.46. The third kappa shape index (κ3) is 4.18. The lowest BCUT2D eigenvalue weighted by Gasteiger charge is -2.22. The van der Waals surface area contributed by atoms with Crippen molar-refractivity contribution in [1.29, 1.82) is 0 Å². The van der Waals surface area contributed by atoms with E-state index in [1.54, 1.807) is 12.1 Å². The Labute approximate surface area is 205 Å². The molecule has 0 atom stereocenters. The van der Waals surface area contributed by atoms with Crippen LogP contribution in [0.1, 0.15) is 38.1 Å². The van der Waals surface area contributed by atoms with Gasteiger partial charge in [0, 0.05) is 53.0 Å². The van der Waals surface area contributed by atoms with Gasteiger partial charge in [-0.1, -0.05) is 6.07 Å². The minimum atomic E-state index is -1.37. The fraction of sp³-hybridized carbons (Fsp3) is 0.286. The van der Waals surface area contributed by atoms with Gasteiger partial charge in [0.2, 0.25) is 5.36 Å². The molecule has 0 saturated carbocycles.